The molecule has 1 aliphatic rings. The molecule has 1 aliphatic heterocycles. The average Bonchev–Trinajstić information content (AvgIpc) is 2.36. The van der Waals surface area contributed by atoms with Crippen LogP contribution in [0.15, 0.2) is 0 Å². The van der Waals surface area contributed by atoms with Crippen molar-refractivity contribution in [2.45, 2.75) is 92.4 Å². The molecular formula is C19H39N. The summed E-state index contributed by atoms with van der Waals surface area (Å²) < 4.78 is 0. The first-order chi connectivity index (χ1) is 9.35. The first kappa shape index (κ1) is 18.0. The first-order valence-corrected chi connectivity index (χ1v) is 9.05. The third kappa shape index (κ3) is 7.67. The third-order valence-corrected chi connectivity index (χ3v) is 5.21. The van der Waals surface area contributed by atoms with E-state index < -0.39 is 0 Å². The number of piperidine rings is 1. The summed E-state index contributed by atoms with van der Waals surface area (Å²) in [6.07, 6.45) is 12.6. The minimum atomic E-state index is 0.544. The fraction of sp³-hybridized carbons (Fsp3) is 1.00. The van der Waals surface area contributed by atoms with Gasteiger partial charge in [0.05, 0.1) is 0 Å². The van der Waals surface area contributed by atoms with E-state index in [1.54, 1.807) is 0 Å². The van der Waals surface area contributed by atoms with Crippen LogP contribution in [0.5, 0.6) is 0 Å². The molecular weight excluding hydrogens is 242 g/mol. The normalized spacial score (nSPS) is 18.4. The van der Waals surface area contributed by atoms with Gasteiger partial charge in [-0.3, -0.25) is 0 Å². The monoisotopic (exact) mass is 281 g/mol. The molecule has 1 nitrogen and oxygen atoms in total. The summed E-state index contributed by atoms with van der Waals surface area (Å²) in [6, 6.07) is 0. The summed E-state index contributed by atoms with van der Waals surface area (Å²) in [6.45, 7) is 14.7. The molecule has 1 heterocycles. The van der Waals surface area contributed by atoms with Crippen LogP contribution >= 0.6 is 0 Å². The second kappa shape index (κ2) is 8.41. The number of hydrogen-bond donors (Lipinski definition) is 1. The predicted octanol–water partition coefficient (Wildman–Crippen LogP) is 5.79. The smallest absolute Gasteiger partial charge is 0.00463 e. The van der Waals surface area contributed by atoms with Gasteiger partial charge in [-0.15, -0.1) is 0 Å². The molecule has 20 heavy (non-hydrogen) atoms. The topological polar surface area (TPSA) is 12.0 Å². The van der Waals surface area contributed by atoms with Gasteiger partial charge in [-0.25, -0.2) is 0 Å². The molecule has 1 fully saturated rings. The molecule has 0 bridgehead atoms. The Labute approximate surface area is 128 Å². The summed E-state index contributed by atoms with van der Waals surface area (Å²) in [5, 5.41) is 3.48. The van der Waals surface area contributed by atoms with Gasteiger partial charge in [-0.05, 0) is 68.4 Å². The van der Waals surface area contributed by atoms with Crippen LogP contribution in [0.2, 0.25) is 0 Å². The van der Waals surface area contributed by atoms with Crippen LogP contribution in [0.4, 0.5) is 0 Å². The lowest BCUT2D eigenvalue weighted by molar-refractivity contribution is 0.194. The van der Waals surface area contributed by atoms with Crippen molar-refractivity contribution in [3.63, 3.8) is 0 Å². The molecule has 0 unspecified atom stereocenters. The van der Waals surface area contributed by atoms with Gasteiger partial charge in [-0.1, -0.05) is 53.9 Å². The molecule has 1 heteroatoms. The lowest BCUT2D eigenvalue weighted by atomic mass is 9.74. The van der Waals surface area contributed by atoms with E-state index in [0.29, 0.717) is 10.8 Å². The maximum atomic E-state index is 3.48. The third-order valence-electron chi connectivity index (χ3n) is 5.21. The van der Waals surface area contributed by atoms with E-state index >= 15 is 0 Å². The SMILES string of the molecule is CCCCC(C)(C)CCCC(C)(C)CC1CCNCC1. The van der Waals surface area contributed by atoms with Crippen molar-refractivity contribution >= 4 is 0 Å². The fourth-order valence-corrected chi connectivity index (χ4v) is 3.80. The van der Waals surface area contributed by atoms with E-state index in [0.717, 1.165) is 5.92 Å². The van der Waals surface area contributed by atoms with Crippen molar-refractivity contribution in [1.29, 1.82) is 0 Å². The molecule has 0 amide bonds. The largest absolute Gasteiger partial charge is 0.317 e. The van der Waals surface area contributed by atoms with Crippen molar-refractivity contribution in [2.75, 3.05) is 13.1 Å². The van der Waals surface area contributed by atoms with Crippen LogP contribution in [-0.4, -0.2) is 13.1 Å². The van der Waals surface area contributed by atoms with Gasteiger partial charge < -0.3 is 5.32 Å². The van der Waals surface area contributed by atoms with Crippen LogP contribution in [0.25, 0.3) is 0 Å². The highest BCUT2D eigenvalue weighted by molar-refractivity contribution is 4.78. The van der Waals surface area contributed by atoms with Crippen LogP contribution < -0.4 is 5.32 Å². The van der Waals surface area contributed by atoms with E-state index in [1.807, 2.05) is 0 Å². The Morgan fingerprint density at radius 1 is 0.850 bits per heavy atom. The van der Waals surface area contributed by atoms with Crippen LogP contribution in [0.3, 0.4) is 0 Å². The minimum Gasteiger partial charge on any atom is -0.317 e. The molecule has 0 saturated carbocycles. The number of hydrogen-bond acceptors (Lipinski definition) is 1. The van der Waals surface area contributed by atoms with Gasteiger partial charge in [0.1, 0.15) is 0 Å². The number of rotatable bonds is 9. The van der Waals surface area contributed by atoms with E-state index in [9.17, 15) is 0 Å². The standard InChI is InChI=1S/C19H39N/c1-6-7-11-18(2,3)12-8-13-19(4,5)16-17-9-14-20-15-10-17/h17,20H,6-16H2,1-5H3. The molecule has 1 saturated heterocycles. The molecule has 120 valence electrons. The highest BCUT2D eigenvalue weighted by Gasteiger charge is 2.25. The summed E-state index contributed by atoms with van der Waals surface area (Å²) in [5.41, 5.74) is 1.10. The number of unbranched alkanes of at least 4 members (excludes halogenated alkanes) is 1. The van der Waals surface area contributed by atoms with Crippen molar-refractivity contribution in [2.24, 2.45) is 16.7 Å². The molecule has 0 aromatic carbocycles. The van der Waals surface area contributed by atoms with E-state index in [2.05, 4.69) is 39.9 Å². The molecule has 0 spiro atoms. The Hall–Kier alpha value is -0.0400. The molecule has 0 aromatic rings. The Bertz CT molecular complexity index is 248. The van der Waals surface area contributed by atoms with Gasteiger partial charge in [-0.2, -0.15) is 0 Å². The zero-order valence-electron chi connectivity index (χ0n) is 14.9. The number of nitrogens with one attached hydrogen (secondary N) is 1. The summed E-state index contributed by atoms with van der Waals surface area (Å²) in [7, 11) is 0. The predicted molar refractivity (Wildman–Crippen MR) is 91.1 cm³/mol. The second-order valence-corrected chi connectivity index (χ2v) is 8.68. The lowest BCUT2D eigenvalue weighted by Gasteiger charge is -2.33. The Kier molecular flexibility index (Phi) is 7.58. The maximum Gasteiger partial charge on any atom is -0.00463 e. The maximum absolute atomic E-state index is 3.48. The van der Waals surface area contributed by atoms with Crippen molar-refractivity contribution in [3.05, 3.63) is 0 Å². The van der Waals surface area contributed by atoms with Gasteiger partial charge in [0.25, 0.3) is 0 Å². The first-order valence-electron chi connectivity index (χ1n) is 9.05. The van der Waals surface area contributed by atoms with Gasteiger partial charge in [0.15, 0.2) is 0 Å². The highest BCUT2D eigenvalue weighted by atomic mass is 14.9. The molecule has 0 atom stereocenters. The van der Waals surface area contributed by atoms with Gasteiger partial charge in [0, 0.05) is 0 Å². The molecule has 0 aromatic heterocycles. The Morgan fingerprint density at radius 3 is 2.00 bits per heavy atom. The zero-order chi connectivity index (χ0) is 15.1. The minimum absolute atomic E-state index is 0.544. The Balaban J connectivity index is 2.24. The van der Waals surface area contributed by atoms with E-state index in [1.165, 1.54) is 70.9 Å². The van der Waals surface area contributed by atoms with Crippen molar-refractivity contribution < 1.29 is 0 Å². The van der Waals surface area contributed by atoms with E-state index in [4.69, 9.17) is 0 Å². The molecule has 0 radical (unpaired) electrons. The van der Waals surface area contributed by atoms with Gasteiger partial charge in [0.2, 0.25) is 0 Å². The average molecular weight is 282 g/mol. The quantitative estimate of drug-likeness (QED) is 0.564. The molecule has 1 rings (SSSR count). The highest BCUT2D eigenvalue weighted by Crippen LogP contribution is 2.37. The zero-order valence-corrected chi connectivity index (χ0v) is 14.9. The summed E-state index contributed by atoms with van der Waals surface area (Å²) in [4.78, 5) is 0. The van der Waals surface area contributed by atoms with Crippen molar-refractivity contribution in [1.82, 2.24) is 5.32 Å². The van der Waals surface area contributed by atoms with Crippen LogP contribution in [-0.2, 0) is 0 Å². The van der Waals surface area contributed by atoms with Gasteiger partial charge >= 0.3 is 0 Å². The summed E-state index contributed by atoms with van der Waals surface area (Å²) >= 11 is 0. The molecule has 0 aliphatic carbocycles. The lowest BCUT2D eigenvalue weighted by Crippen LogP contribution is -2.30. The van der Waals surface area contributed by atoms with Crippen LogP contribution in [0, 0.1) is 16.7 Å². The summed E-state index contributed by atoms with van der Waals surface area (Å²) in [5.74, 6) is 0.972. The van der Waals surface area contributed by atoms with E-state index in [-0.39, 0.29) is 0 Å². The van der Waals surface area contributed by atoms with Crippen LogP contribution in [0.1, 0.15) is 92.4 Å². The molecule has 1 N–H and O–H groups in total. The Morgan fingerprint density at radius 2 is 1.40 bits per heavy atom. The fourth-order valence-electron chi connectivity index (χ4n) is 3.80. The second-order valence-electron chi connectivity index (χ2n) is 8.68. The van der Waals surface area contributed by atoms with Crippen molar-refractivity contribution in [3.8, 4) is 0 Å².